The summed E-state index contributed by atoms with van der Waals surface area (Å²) in [6.07, 6.45) is -0.0275. The van der Waals surface area contributed by atoms with Crippen LogP contribution in [0, 0.1) is 11.8 Å². The normalized spacial score (nSPS) is 11.7. The molecule has 2 aromatic rings. The molecule has 136 valence electrons. The predicted octanol–water partition coefficient (Wildman–Crippen LogP) is 2.06. The number of aliphatic hydroxyl groups excluding tert-OH is 1. The molecule has 0 fully saturated rings. The quantitative estimate of drug-likeness (QED) is 0.333. The van der Waals surface area contributed by atoms with Crippen LogP contribution in [0.4, 0.5) is 0 Å². The third-order valence-corrected chi connectivity index (χ3v) is 3.56. The maximum absolute atomic E-state index is 10.5. The van der Waals surface area contributed by atoms with Gasteiger partial charge in [-0.25, -0.2) is 0 Å². The zero-order valence-corrected chi connectivity index (χ0v) is 15.4. The van der Waals surface area contributed by atoms with Crippen LogP contribution in [-0.4, -0.2) is 36.6 Å². The van der Waals surface area contributed by atoms with Crippen LogP contribution in [0.2, 0.25) is 0 Å². The van der Waals surface area contributed by atoms with Crippen molar-refractivity contribution in [3.63, 3.8) is 0 Å². The van der Waals surface area contributed by atoms with Crippen molar-refractivity contribution in [1.29, 1.82) is 0 Å². The average Bonchev–Trinajstić information content (AvgIpc) is 2.67. The van der Waals surface area contributed by atoms with Gasteiger partial charge in [-0.2, -0.15) is 0 Å². The van der Waals surface area contributed by atoms with Crippen LogP contribution in [0.3, 0.4) is 0 Å². The van der Waals surface area contributed by atoms with Gasteiger partial charge in [-0.3, -0.25) is 9.59 Å². The first-order valence-corrected chi connectivity index (χ1v) is 8.20. The van der Waals surface area contributed by atoms with E-state index in [9.17, 15) is 9.59 Å². The Morgan fingerprint density at radius 1 is 1.12 bits per heavy atom. The lowest BCUT2D eigenvalue weighted by Gasteiger charge is -2.10. The summed E-state index contributed by atoms with van der Waals surface area (Å²) >= 11 is 4.21. The molecule has 0 spiro atoms. The van der Waals surface area contributed by atoms with Crippen molar-refractivity contribution in [1.82, 2.24) is 0 Å². The summed E-state index contributed by atoms with van der Waals surface area (Å²) in [7, 11) is 1.23. The van der Waals surface area contributed by atoms with Crippen molar-refractivity contribution >= 4 is 24.9 Å². The molecule has 3 N–H and O–H groups in total. The molecule has 0 bridgehead atoms. The SMILES string of the molecule is COC(=O)C(N)C(C)O.O=Cc1ccc(C#Cc2ccc(S)cc2)cc1. The largest absolute Gasteiger partial charge is 0.468 e. The van der Waals surface area contributed by atoms with E-state index < -0.39 is 18.1 Å². The Kier molecular flexibility index (Phi) is 9.17. The van der Waals surface area contributed by atoms with Crippen LogP contribution in [0.1, 0.15) is 28.4 Å². The number of aldehydes is 1. The van der Waals surface area contributed by atoms with Gasteiger partial charge in [0.1, 0.15) is 12.3 Å². The highest BCUT2D eigenvalue weighted by Gasteiger charge is 2.18. The Morgan fingerprint density at radius 2 is 1.58 bits per heavy atom. The Balaban J connectivity index is 0.000000321. The maximum atomic E-state index is 10.5. The number of carbonyl (C=O) groups is 2. The fraction of sp³-hybridized carbons (Fsp3) is 0.200. The molecule has 5 nitrogen and oxygen atoms in total. The van der Waals surface area contributed by atoms with Crippen LogP contribution >= 0.6 is 12.6 Å². The highest BCUT2D eigenvalue weighted by atomic mass is 32.1. The molecular weight excluding hydrogens is 350 g/mol. The van der Waals surface area contributed by atoms with E-state index in [2.05, 4.69) is 29.2 Å². The Hall–Kier alpha value is -2.59. The van der Waals surface area contributed by atoms with Gasteiger partial charge in [0.05, 0.1) is 13.2 Å². The minimum absolute atomic E-state index is 0.593. The van der Waals surface area contributed by atoms with Crippen LogP contribution in [0.5, 0.6) is 0 Å². The number of aliphatic hydroxyl groups is 1. The van der Waals surface area contributed by atoms with Gasteiger partial charge in [0.15, 0.2) is 0 Å². The van der Waals surface area contributed by atoms with Gasteiger partial charge in [-0.15, -0.1) is 12.6 Å². The molecule has 2 unspecified atom stereocenters. The zero-order valence-electron chi connectivity index (χ0n) is 14.5. The predicted molar refractivity (Wildman–Crippen MR) is 103 cm³/mol. The fourth-order valence-electron chi connectivity index (χ4n) is 1.67. The molecule has 0 amide bonds. The highest BCUT2D eigenvalue weighted by Crippen LogP contribution is 2.07. The highest BCUT2D eigenvalue weighted by molar-refractivity contribution is 7.80. The van der Waals surface area contributed by atoms with E-state index in [0.29, 0.717) is 5.56 Å². The smallest absolute Gasteiger partial charge is 0.325 e. The van der Waals surface area contributed by atoms with Crippen molar-refractivity contribution in [2.24, 2.45) is 5.73 Å². The molecule has 0 radical (unpaired) electrons. The summed E-state index contributed by atoms with van der Waals surface area (Å²) in [6.45, 7) is 1.43. The molecule has 0 saturated carbocycles. The Morgan fingerprint density at radius 3 is 1.92 bits per heavy atom. The number of ether oxygens (including phenoxy) is 1. The van der Waals surface area contributed by atoms with Crippen LogP contribution in [0.15, 0.2) is 53.4 Å². The third-order valence-electron chi connectivity index (χ3n) is 3.26. The molecule has 2 atom stereocenters. The molecule has 0 heterocycles. The van der Waals surface area contributed by atoms with Crippen LogP contribution < -0.4 is 5.73 Å². The van der Waals surface area contributed by atoms with Crippen molar-refractivity contribution in [2.75, 3.05) is 7.11 Å². The lowest BCUT2D eigenvalue weighted by Crippen LogP contribution is -2.40. The van der Waals surface area contributed by atoms with Gasteiger partial charge < -0.3 is 15.6 Å². The molecule has 0 aliphatic rings. The maximum Gasteiger partial charge on any atom is 0.325 e. The van der Waals surface area contributed by atoms with Gasteiger partial charge in [0.2, 0.25) is 0 Å². The summed E-state index contributed by atoms with van der Waals surface area (Å²) in [5, 5.41) is 8.70. The molecule has 0 aliphatic heterocycles. The van der Waals surface area contributed by atoms with Gasteiger partial charge in [0, 0.05) is 21.6 Å². The summed E-state index contributed by atoms with van der Waals surface area (Å²) in [5.41, 5.74) is 7.65. The number of methoxy groups -OCH3 is 1. The summed E-state index contributed by atoms with van der Waals surface area (Å²) in [5.74, 6) is 5.50. The van der Waals surface area contributed by atoms with Crippen molar-refractivity contribution in [3.05, 3.63) is 65.2 Å². The summed E-state index contributed by atoms with van der Waals surface area (Å²) < 4.78 is 4.25. The van der Waals surface area contributed by atoms with E-state index >= 15 is 0 Å². The number of hydrogen-bond donors (Lipinski definition) is 3. The topological polar surface area (TPSA) is 89.6 Å². The number of nitrogens with two attached hydrogens (primary N) is 1. The number of benzene rings is 2. The molecule has 6 heteroatoms. The second-order valence-electron chi connectivity index (χ2n) is 5.33. The number of carbonyl (C=O) groups excluding carboxylic acids is 2. The standard InChI is InChI=1S/C15H10OS.C5H11NO3/c16-11-14-5-3-12(4-6-14)1-2-13-7-9-15(17)10-8-13;1-3(7)4(6)5(8)9-2/h3-11,17H;3-4,7H,6H2,1-2H3. The molecule has 0 aromatic heterocycles. The third kappa shape index (κ3) is 7.53. The molecule has 26 heavy (non-hydrogen) atoms. The first-order valence-electron chi connectivity index (χ1n) is 7.75. The minimum atomic E-state index is -0.921. The summed E-state index contributed by atoms with van der Waals surface area (Å²) in [6, 6.07) is 13.9. The molecule has 0 saturated heterocycles. The van der Waals surface area contributed by atoms with Gasteiger partial charge in [-0.1, -0.05) is 24.0 Å². The number of rotatable bonds is 3. The fourth-order valence-corrected chi connectivity index (χ4v) is 1.82. The molecule has 2 rings (SSSR count). The number of hydrogen-bond acceptors (Lipinski definition) is 6. The lowest BCUT2D eigenvalue weighted by atomic mass is 10.1. The van der Waals surface area contributed by atoms with Crippen molar-refractivity contribution in [2.45, 2.75) is 24.0 Å². The second-order valence-corrected chi connectivity index (χ2v) is 5.84. The number of thiol groups is 1. The molecule has 0 aliphatic carbocycles. The lowest BCUT2D eigenvalue weighted by molar-refractivity contribution is -0.144. The second kappa shape index (κ2) is 11.1. The Labute approximate surface area is 158 Å². The van der Waals surface area contributed by atoms with E-state index in [1.54, 1.807) is 12.1 Å². The van der Waals surface area contributed by atoms with E-state index in [1.165, 1.54) is 14.0 Å². The van der Waals surface area contributed by atoms with Crippen LogP contribution in [-0.2, 0) is 9.53 Å². The van der Waals surface area contributed by atoms with E-state index in [0.717, 1.165) is 22.3 Å². The summed E-state index contributed by atoms with van der Waals surface area (Å²) in [4.78, 5) is 21.9. The first kappa shape index (κ1) is 21.5. The van der Waals surface area contributed by atoms with E-state index in [-0.39, 0.29) is 0 Å². The van der Waals surface area contributed by atoms with Gasteiger partial charge >= 0.3 is 5.97 Å². The van der Waals surface area contributed by atoms with Gasteiger partial charge in [-0.05, 0) is 43.3 Å². The zero-order chi connectivity index (χ0) is 19.5. The van der Waals surface area contributed by atoms with Crippen molar-refractivity contribution < 1.29 is 19.4 Å². The van der Waals surface area contributed by atoms with Gasteiger partial charge in [0.25, 0.3) is 0 Å². The first-order chi connectivity index (χ1) is 12.4. The van der Waals surface area contributed by atoms with E-state index in [4.69, 9.17) is 10.8 Å². The van der Waals surface area contributed by atoms with Crippen molar-refractivity contribution in [3.8, 4) is 11.8 Å². The van der Waals surface area contributed by atoms with Crippen LogP contribution in [0.25, 0.3) is 0 Å². The molecule has 2 aromatic carbocycles. The van der Waals surface area contributed by atoms with E-state index in [1.807, 2.05) is 36.4 Å². The average molecular weight is 371 g/mol. The number of esters is 1. The minimum Gasteiger partial charge on any atom is -0.468 e. The molecular formula is C20H21NO4S. The Bertz CT molecular complexity index is 774. The monoisotopic (exact) mass is 371 g/mol.